The van der Waals surface area contributed by atoms with Crippen molar-refractivity contribution in [3.8, 4) is 11.3 Å². The van der Waals surface area contributed by atoms with Crippen molar-refractivity contribution in [3.63, 3.8) is 0 Å². The molecule has 0 aliphatic rings. The van der Waals surface area contributed by atoms with Crippen molar-refractivity contribution in [1.29, 1.82) is 0 Å². The topological polar surface area (TPSA) is 76.9 Å². The number of rotatable bonds is 5. The maximum Gasteiger partial charge on any atom is 0.291 e. The maximum atomic E-state index is 13.0. The molecule has 2 heterocycles. The summed E-state index contributed by atoms with van der Waals surface area (Å²) in [5, 5.41) is 8.63. The van der Waals surface area contributed by atoms with Crippen LogP contribution in [-0.4, -0.2) is 20.5 Å². The number of nitrogens with one attached hydrogen (secondary N) is 1. The van der Waals surface area contributed by atoms with Crippen LogP contribution in [0.2, 0.25) is 0 Å². The monoisotopic (exact) mass is 384 g/mol. The number of anilines is 2. The maximum absolute atomic E-state index is 13.0. The molecule has 6 heteroatoms. The lowest BCUT2D eigenvalue weighted by atomic mass is 10.0. The van der Waals surface area contributed by atoms with E-state index in [1.54, 1.807) is 6.20 Å². The zero-order valence-electron chi connectivity index (χ0n) is 16.2. The molecule has 0 unspecified atom stereocenters. The average Bonchev–Trinajstić information content (AvgIpc) is 2.75. The van der Waals surface area contributed by atoms with E-state index in [4.69, 9.17) is 0 Å². The van der Waals surface area contributed by atoms with Crippen LogP contribution in [-0.2, 0) is 6.54 Å². The highest BCUT2D eigenvalue weighted by Gasteiger charge is 2.22. The van der Waals surface area contributed by atoms with E-state index in [1.165, 1.54) is 11.6 Å². The third-order valence-electron chi connectivity index (χ3n) is 4.73. The van der Waals surface area contributed by atoms with Crippen molar-refractivity contribution >= 4 is 28.1 Å². The Morgan fingerprint density at radius 3 is 2.59 bits per heavy atom. The second-order valence-electron chi connectivity index (χ2n) is 6.68. The van der Waals surface area contributed by atoms with Crippen LogP contribution in [0.25, 0.3) is 22.2 Å². The van der Waals surface area contributed by atoms with E-state index in [0.717, 1.165) is 16.5 Å². The zero-order valence-corrected chi connectivity index (χ0v) is 16.2. The number of carbonyl (C=O) groups excluding carboxylic acids is 1. The number of carbonyl (C=O) groups is 1. The minimum Gasteiger partial charge on any atom is -0.350 e. The molecule has 2 aromatic heterocycles. The summed E-state index contributed by atoms with van der Waals surface area (Å²) in [6.07, 6.45) is 1.72. The number of benzene rings is 2. The Morgan fingerprint density at radius 2 is 1.86 bits per heavy atom. The van der Waals surface area contributed by atoms with E-state index in [0.29, 0.717) is 17.9 Å². The van der Waals surface area contributed by atoms with Gasteiger partial charge in [0.1, 0.15) is 11.4 Å². The molecule has 29 heavy (non-hydrogen) atoms. The van der Waals surface area contributed by atoms with E-state index >= 15 is 0 Å². The first-order chi connectivity index (χ1) is 14.1. The molecule has 0 amide bonds. The predicted molar refractivity (Wildman–Crippen MR) is 115 cm³/mol. The summed E-state index contributed by atoms with van der Waals surface area (Å²) >= 11 is 0. The van der Waals surface area contributed by atoms with Gasteiger partial charge in [0.15, 0.2) is 5.78 Å². The van der Waals surface area contributed by atoms with Crippen molar-refractivity contribution < 1.29 is 4.79 Å². The van der Waals surface area contributed by atoms with E-state index in [-0.39, 0.29) is 22.6 Å². The van der Waals surface area contributed by atoms with Crippen LogP contribution in [0.4, 0.5) is 11.4 Å². The van der Waals surface area contributed by atoms with Gasteiger partial charge in [0.25, 0.3) is 5.56 Å². The van der Waals surface area contributed by atoms with E-state index in [9.17, 15) is 9.59 Å². The number of aryl methyl sites for hydroxylation is 1. The van der Waals surface area contributed by atoms with E-state index < -0.39 is 0 Å². The number of ketones is 1. The summed E-state index contributed by atoms with van der Waals surface area (Å²) in [6.45, 7) is 3.69. The van der Waals surface area contributed by atoms with Gasteiger partial charge in [-0.1, -0.05) is 42.5 Å². The lowest BCUT2D eigenvalue weighted by Gasteiger charge is -2.16. The van der Waals surface area contributed by atoms with Crippen molar-refractivity contribution in [3.05, 3.63) is 82.8 Å². The first-order valence-electron chi connectivity index (χ1n) is 9.41. The minimum absolute atomic E-state index is 0.224. The van der Waals surface area contributed by atoms with Gasteiger partial charge < -0.3 is 5.32 Å². The Balaban J connectivity index is 1.93. The van der Waals surface area contributed by atoms with Gasteiger partial charge in [-0.3, -0.25) is 14.6 Å². The number of aromatic nitrogens is 3. The molecule has 2 aromatic carbocycles. The van der Waals surface area contributed by atoms with Gasteiger partial charge in [-0.25, -0.2) is 4.68 Å². The number of hydrogen-bond acceptors (Lipinski definition) is 5. The van der Waals surface area contributed by atoms with Crippen LogP contribution in [0.15, 0.2) is 71.7 Å². The molecule has 4 rings (SSSR count). The minimum atomic E-state index is -0.335. The lowest BCUT2D eigenvalue weighted by molar-refractivity contribution is 0.101. The molecule has 0 spiro atoms. The Bertz CT molecular complexity index is 1260. The van der Waals surface area contributed by atoms with Crippen LogP contribution in [0.5, 0.6) is 0 Å². The first kappa shape index (κ1) is 18.6. The fraction of sp³-hybridized carbons (Fsp3) is 0.130. The van der Waals surface area contributed by atoms with Gasteiger partial charge in [-0.15, -0.1) is 0 Å². The average molecular weight is 384 g/mol. The Labute approximate surface area is 167 Å². The smallest absolute Gasteiger partial charge is 0.291 e. The van der Waals surface area contributed by atoms with Crippen molar-refractivity contribution in [2.75, 3.05) is 5.32 Å². The van der Waals surface area contributed by atoms with Gasteiger partial charge in [0.05, 0.1) is 11.1 Å². The molecule has 0 bridgehead atoms. The Kier molecular flexibility index (Phi) is 4.91. The molecule has 6 nitrogen and oxygen atoms in total. The first-order valence-corrected chi connectivity index (χ1v) is 9.41. The number of Topliss-reactive ketones (excluding diaryl/α,β-unsaturated/α-hetero) is 1. The van der Waals surface area contributed by atoms with Crippen molar-refractivity contribution in [2.45, 2.75) is 20.4 Å². The summed E-state index contributed by atoms with van der Waals surface area (Å²) in [6, 6.07) is 18.9. The molecule has 0 aliphatic heterocycles. The fourth-order valence-corrected chi connectivity index (χ4v) is 3.33. The molecule has 4 aromatic rings. The van der Waals surface area contributed by atoms with Gasteiger partial charge in [0, 0.05) is 29.4 Å². The molecule has 0 aliphatic carbocycles. The molecule has 0 fully saturated rings. The standard InChI is InChI=1S/C23H20N4O2/c1-3-27-23(29)22(25-18-12-11-16-10-7-13-24-19(16)14-18)20(15(2)28)21(26-27)17-8-5-4-6-9-17/h4-14,25H,3H2,1-2H3. The molecule has 0 radical (unpaired) electrons. The van der Waals surface area contributed by atoms with Crippen molar-refractivity contribution in [1.82, 2.24) is 14.8 Å². The second-order valence-corrected chi connectivity index (χ2v) is 6.68. The fourth-order valence-electron chi connectivity index (χ4n) is 3.33. The largest absolute Gasteiger partial charge is 0.350 e. The summed E-state index contributed by atoms with van der Waals surface area (Å²) in [5.74, 6) is -0.224. The highest BCUT2D eigenvalue weighted by Crippen LogP contribution is 2.28. The number of hydrogen-bond donors (Lipinski definition) is 1. The highest BCUT2D eigenvalue weighted by atomic mass is 16.1. The summed E-state index contributed by atoms with van der Waals surface area (Å²) < 4.78 is 1.37. The normalized spacial score (nSPS) is 10.8. The number of nitrogens with zero attached hydrogens (tertiary/aromatic N) is 3. The predicted octanol–water partition coefficient (Wildman–Crippen LogP) is 4.42. The molecule has 0 saturated heterocycles. The van der Waals surface area contributed by atoms with Gasteiger partial charge in [-0.2, -0.15) is 5.10 Å². The van der Waals surface area contributed by atoms with Crippen LogP contribution in [0.3, 0.4) is 0 Å². The SMILES string of the molecule is CCn1nc(-c2ccccc2)c(C(C)=O)c(Nc2ccc3cccnc3c2)c1=O. The van der Waals surface area contributed by atoms with Crippen LogP contribution in [0, 0.1) is 0 Å². The van der Waals surface area contributed by atoms with Gasteiger partial charge >= 0.3 is 0 Å². The third kappa shape index (κ3) is 3.52. The molecule has 1 N–H and O–H groups in total. The molecule has 144 valence electrons. The van der Waals surface area contributed by atoms with E-state index in [2.05, 4.69) is 15.4 Å². The van der Waals surface area contributed by atoms with E-state index in [1.807, 2.05) is 67.6 Å². The summed E-state index contributed by atoms with van der Waals surface area (Å²) in [7, 11) is 0. The van der Waals surface area contributed by atoms with Gasteiger partial charge in [0.2, 0.25) is 0 Å². The molecular formula is C23H20N4O2. The summed E-state index contributed by atoms with van der Waals surface area (Å²) in [4.78, 5) is 30.0. The summed E-state index contributed by atoms with van der Waals surface area (Å²) in [5.41, 5.74) is 2.93. The van der Waals surface area contributed by atoms with Crippen LogP contribution < -0.4 is 10.9 Å². The van der Waals surface area contributed by atoms with Crippen LogP contribution in [0.1, 0.15) is 24.2 Å². The number of pyridine rings is 1. The zero-order chi connectivity index (χ0) is 20.4. The lowest BCUT2D eigenvalue weighted by Crippen LogP contribution is -2.28. The highest BCUT2D eigenvalue weighted by molar-refractivity contribution is 6.05. The number of fused-ring (bicyclic) bond motifs is 1. The second kappa shape index (κ2) is 7.67. The molecular weight excluding hydrogens is 364 g/mol. The Hall–Kier alpha value is -3.80. The molecule has 0 atom stereocenters. The third-order valence-corrected chi connectivity index (χ3v) is 4.73. The molecule has 0 saturated carbocycles. The van der Waals surface area contributed by atoms with Crippen molar-refractivity contribution in [2.24, 2.45) is 0 Å². The van der Waals surface area contributed by atoms with Crippen LogP contribution >= 0.6 is 0 Å². The Morgan fingerprint density at radius 1 is 1.07 bits per heavy atom. The van der Waals surface area contributed by atoms with Gasteiger partial charge in [-0.05, 0) is 32.0 Å². The quantitative estimate of drug-likeness (QED) is 0.515.